The Morgan fingerprint density at radius 3 is 1.27 bits per heavy atom. The first-order valence-electron chi connectivity index (χ1n) is 9.43. The van der Waals surface area contributed by atoms with Crippen molar-refractivity contribution in [2.75, 3.05) is 0 Å². The summed E-state index contributed by atoms with van der Waals surface area (Å²) in [7, 11) is 0. The topological polar surface area (TPSA) is 125 Å². The molecule has 0 fully saturated rings. The van der Waals surface area contributed by atoms with Gasteiger partial charge in [0.05, 0.1) is 12.4 Å². The minimum Gasteiger partial charge on any atom is -0.394 e. The van der Waals surface area contributed by atoms with Crippen LogP contribution >= 0.6 is 0 Å². The fourth-order valence-electron chi connectivity index (χ4n) is 1.11. The van der Waals surface area contributed by atoms with E-state index in [9.17, 15) is 10.1 Å². The normalized spacial score (nSPS) is 7.40. The van der Waals surface area contributed by atoms with Crippen LogP contribution in [0.4, 0.5) is 11.9 Å². The average molecular weight is 415 g/mol. The molecule has 0 atom stereocenters. The molecule has 3 aromatic heterocycles. The number of nitro groups is 1. The second kappa shape index (κ2) is 25.1. The van der Waals surface area contributed by atoms with Gasteiger partial charge in [0.25, 0.3) is 0 Å². The van der Waals surface area contributed by atoms with Crippen molar-refractivity contribution in [3.63, 3.8) is 0 Å². The molecule has 162 valence electrons. The highest BCUT2D eigenvalue weighted by molar-refractivity contribution is 5.21. The van der Waals surface area contributed by atoms with E-state index < -0.39 is 4.92 Å². The lowest BCUT2D eigenvalue weighted by molar-refractivity contribution is -0.394. The van der Waals surface area contributed by atoms with E-state index in [1.165, 1.54) is 18.5 Å². The quantitative estimate of drug-likeness (QED) is 0.299. The number of rotatable bonds is 1. The first-order valence-corrected chi connectivity index (χ1v) is 9.43. The molecule has 3 rings (SSSR count). The molecule has 3 heterocycles. The van der Waals surface area contributed by atoms with Crippen LogP contribution in [0, 0.1) is 23.6 Å². The molecule has 10 heteroatoms. The highest BCUT2D eigenvalue weighted by Gasteiger charge is 2.02. The Labute approximate surface area is 178 Å². The number of hydrogen-bond acceptors (Lipinski definition) is 8. The standard InChI is InChI=1S/C5H3N3.C5H6N2.C4H3N3O2.3C2H6/c1-6-5-7-3-2-4-8-5;1-5-6-3-2-4-7-5;8-7(9)4-5-2-1-3-6-4;3*1-2/h2-4H;2-4H,1H3;1-3H;3*1-2H3. The van der Waals surface area contributed by atoms with Gasteiger partial charge in [-0.05, 0) is 17.9 Å². The molecule has 3 aromatic rings. The van der Waals surface area contributed by atoms with Crippen molar-refractivity contribution < 1.29 is 4.92 Å². The molecule has 0 N–H and O–H groups in total. The SMILES string of the molecule is CC.CC.CC.Cc1ncccn1.O=[N+]([O-])c1ncccn1.[C-]#[N+]c1ncccn1. The fourth-order valence-corrected chi connectivity index (χ4v) is 1.11. The molecule has 0 aliphatic rings. The third kappa shape index (κ3) is 18.9. The average Bonchev–Trinajstić information content (AvgIpc) is 2.85. The summed E-state index contributed by atoms with van der Waals surface area (Å²) in [5, 5.41) is 9.88. The van der Waals surface area contributed by atoms with Crippen molar-refractivity contribution in [1.29, 1.82) is 0 Å². The fraction of sp³-hybridized carbons (Fsp3) is 0.350. The minimum absolute atomic E-state index is 0.201. The second-order valence-electron chi connectivity index (χ2n) is 3.76. The molecule has 0 aliphatic carbocycles. The van der Waals surface area contributed by atoms with E-state index in [-0.39, 0.29) is 11.9 Å². The first-order chi connectivity index (χ1) is 14.6. The van der Waals surface area contributed by atoms with Gasteiger partial charge in [-0.2, -0.15) is 9.97 Å². The number of aryl methyl sites for hydroxylation is 1. The van der Waals surface area contributed by atoms with E-state index in [2.05, 4.69) is 34.7 Å². The Hall–Kier alpha value is -3.87. The van der Waals surface area contributed by atoms with Crippen LogP contribution in [0.15, 0.2) is 55.4 Å². The molecule has 0 saturated carbocycles. The predicted octanol–water partition coefficient (Wildman–Crippen LogP) is 5.28. The maximum absolute atomic E-state index is 9.88. The molecule has 10 nitrogen and oxygen atoms in total. The van der Waals surface area contributed by atoms with Crippen molar-refractivity contribution in [3.8, 4) is 0 Å². The van der Waals surface area contributed by atoms with Gasteiger partial charge in [-0.15, -0.1) is 6.57 Å². The highest BCUT2D eigenvalue weighted by atomic mass is 16.6. The van der Waals surface area contributed by atoms with Crippen molar-refractivity contribution in [1.82, 2.24) is 29.9 Å². The lowest BCUT2D eigenvalue weighted by Gasteiger charge is -1.86. The van der Waals surface area contributed by atoms with Crippen molar-refractivity contribution in [2.24, 2.45) is 0 Å². The summed E-state index contributed by atoms with van der Waals surface area (Å²) in [4.78, 5) is 34.0. The number of aromatic nitrogens is 6. The van der Waals surface area contributed by atoms with Gasteiger partial charge in [0, 0.05) is 24.5 Å². The van der Waals surface area contributed by atoms with Crippen molar-refractivity contribution in [3.05, 3.63) is 82.7 Å². The van der Waals surface area contributed by atoms with Gasteiger partial charge in [0.1, 0.15) is 18.2 Å². The summed E-state index contributed by atoms with van der Waals surface area (Å²) in [5.74, 6) is 0.660. The maximum atomic E-state index is 9.88. The molecule has 0 radical (unpaired) electrons. The Morgan fingerprint density at radius 2 is 1.07 bits per heavy atom. The largest absolute Gasteiger partial charge is 0.468 e. The molecule has 0 bridgehead atoms. The van der Waals surface area contributed by atoms with Crippen LogP contribution in [-0.4, -0.2) is 34.8 Å². The van der Waals surface area contributed by atoms with Gasteiger partial charge in [-0.25, -0.2) is 9.97 Å². The monoisotopic (exact) mass is 414 g/mol. The molecule has 0 saturated heterocycles. The number of nitrogens with zero attached hydrogens (tertiary/aromatic N) is 8. The van der Waals surface area contributed by atoms with E-state index in [1.807, 2.05) is 48.5 Å². The zero-order valence-electron chi connectivity index (χ0n) is 18.6. The van der Waals surface area contributed by atoms with Gasteiger partial charge in [0.2, 0.25) is 0 Å². The van der Waals surface area contributed by atoms with E-state index >= 15 is 0 Å². The lowest BCUT2D eigenvalue weighted by atomic mass is 10.6. The summed E-state index contributed by atoms with van der Waals surface area (Å²) in [6.45, 7) is 20.3. The second-order valence-corrected chi connectivity index (χ2v) is 3.76. The molecular formula is C20H30N8O2. The Morgan fingerprint density at radius 1 is 0.733 bits per heavy atom. The van der Waals surface area contributed by atoms with E-state index in [0.29, 0.717) is 0 Å². The zero-order chi connectivity index (χ0) is 23.6. The summed E-state index contributed by atoms with van der Waals surface area (Å²) in [5.41, 5.74) is 0. The van der Waals surface area contributed by atoms with E-state index in [0.717, 1.165) is 5.82 Å². The van der Waals surface area contributed by atoms with Crippen LogP contribution in [0.1, 0.15) is 47.4 Å². The Balaban J connectivity index is -0.000000325. The molecule has 0 aliphatic heterocycles. The van der Waals surface area contributed by atoms with Crippen LogP contribution in [0.3, 0.4) is 0 Å². The predicted molar refractivity (Wildman–Crippen MR) is 118 cm³/mol. The van der Waals surface area contributed by atoms with Gasteiger partial charge in [-0.3, -0.25) is 0 Å². The lowest BCUT2D eigenvalue weighted by Crippen LogP contribution is -1.92. The van der Waals surface area contributed by atoms with Gasteiger partial charge < -0.3 is 15.0 Å². The minimum atomic E-state index is -0.639. The summed E-state index contributed by atoms with van der Waals surface area (Å²) >= 11 is 0. The van der Waals surface area contributed by atoms with Crippen LogP contribution in [0.25, 0.3) is 4.85 Å². The number of hydrogen-bond donors (Lipinski definition) is 0. The summed E-state index contributed by atoms with van der Waals surface area (Å²) in [6.07, 6.45) is 9.18. The summed E-state index contributed by atoms with van der Waals surface area (Å²) in [6, 6.07) is 4.99. The Kier molecular flexibility index (Phi) is 25.8. The molecule has 0 unspecified atom stereocenters. The Bertz CT molecular complexity index is 767. The van der Waals surface area contributed by atoms with Crippen LogP contribution in [0.5, 0.6) is 0 Å². The third-order valence-corrected chi connectivity index (χ3v) is 2.06. The van der Waals surface area contributed by atoms with Crippen LogP contribution in [-0.2, 0) is 0 Å². The summed E-state index contributed by atoms with van der Waals surface area (Å²) < 4.78 is 0. The first kappa shape index (κ1) is 30.8. The zero-order valence-corrected chi connectivity index (χ0v) is 18.6. The molecule has 30 heavy (non-hydrogen) atoms. The van der Waals surface area contributed by atoms with E-state index in [4.69, 9.17) is 6.57 Å². The van der Waals surface area contributed by atoms with Crippen LogP contribution < -0.4 is 0 Å². The van der Waals surface area contributed by atoms with Gasteiger partial charge >= 0.3 is 11.9 Å². The third-order valence-electron chi connectivity index (χ3n) is 2.06. The molecular weight excluding hydrogens is 384 g/mol. The maximum Gasteiger partial charge on any atom is 0.468 e. The van der Waals surface area contributed by atoms with Crippen LogP contribution in [0.2, 0.25) is 0 Å². The van der Waals surface area contributed by atoms with Crippen molar-refractivity contribution in [2.45, 2.75) is 48.5 Å². The van der Waals surface area contributed by atoms with Gasteiger partial charge in [0.15, 0.2) is 0 Å². The highest BCUT2D eigenvalue weighted by Crippen LogP contribution is 1.96. The van der Waals surface area contributed by atoms with Gasteiger partial charge in [-0.1, -0.05) is 51.5 Å². The van der Waals surface area contributed by atoms with E-state index in [1.54, 1.807) is 36.9 Å². The molecule has 0 amide bonds. The smallest absolute Gasteiger partial charge is 0.394 e. The molecule has 0 spiro atoms. The molecule has 0 aromatic carbocycles. The van der Waals surface area contributed by atoms with Crippen molar-refractivity contribution >= 4 is 11.9 Å².